The Hall–Kier alpha value is 0.0400. The molecule has 0 spiro atoms. The minimum absolute atomic E-state index is 0.422. The fourth-order valence-electron chi connectivity index (χ4n) is 2.18. The van der Waals surface area contributed by atoms with E-state index in [0.717, 1.165) is 13.1 Å². The van der Waals surface area contributed by atoms with Gasteiger partial charge in [-0.05, 0) is 56.1 Å². The fraction of sp³-hybridized carbons (Fsp3) is 0.727. The Morgan fingerprint density at radius 2 is 1.12 bits per heavy atom. The van der Waals surface area contributed by atoms with Gasteiger partial charge in [0.05, 0.1) is 0 Å². The smallest absolute Gasteiger partial charge is 0.00775 e. The van der Waals surface area contributed by atoms with Crippen molar-refractivity contribution in [3.05, 3.63) is 30.3 Å². The van der Waals surface area contributed by atoms with Crippen LogP contribution in [0, 0.1) is 0 Å². The Morgan fingerprint density at radius 1 is 0.720 bits per heavy atom. The Morgan fingerprint density at radius 3 is 1.32 bits per heavy atom. The van der Waals surface area contributed by atoms with E-state index in [0.29, 0.717) is 7.92 Å². The van der Waals surface area contributed by atoms with Gasteiger partial charge in [0.1, 0.15) is 0 Å². The molecule has 1 nitrogen and oxygen atoms in total. The summed E-state index contributed by atoms with van der Waals surface area (Å²) in [5.74, 6) is 0. The number of benzene rings is 1. The first-order valence-corrected chi connectivity index (χ1v) is 12.9. The van der Waals surface area contributed by atoms with Gasteiger partial charge >= 0.3 is 0 Å². The molecule has 0 saturated heterocycles. The molecule has 0 fully saturated rings. The molecule has 1 aromatic rings. The number of hydrogen-bond donors (Lipinski definition) is 1. The van der Waals surface area contributed by atoms with Crippen LogP contribution in [0.4, 0.5) is 0 Å². The van der Waals surface area contributed by atoms with E-state index in [9.17, 15) is 0 Å². The first-order chi connectivity index (χ1) is 12.2. The third kappa shape index (κ3) is 24.0. The van der Waals surface area contributed by atoms with Crippen molar-refractivity contribution in [1.82, 2.24) is 5.32 Å². The average molecular weight is 386 g/mol. The lowest BCUT2D eigenvalue weighted by molar-refractivity contribution is 0.762. The van der Waals surface area contributed by atoms with Crippen molar-refractivity contribution in [3.63, 3.8) is 0 Å². The van der Waals surface area contributed by atoms with Crippen molar-refractivity contribution in [1.29, 1.82) is 0 Å². The summed E-state index contributed by atoms with van der Waals surface area (Å²) in [6.07, 6.45) is 13.2. The largest absolute Gasteiger partial charge is 0.317 e. The third-order valence-corrected chi connectivity index (χ3v) is 7.01. The lowest BCUT2D eigenvalue weighted by Gasteiger charge is -2.16. The van der Waals surface area contributed by atoms with E-state index in [1.54, 1.807) is 18.5 Å². The van der Waals surface area contributed by atoms with E-state index in [1.165, 1.54) is 43.8 Å². The van der Waals surface area contributed by atoms with Crippen LogP contribution in [-0.2, 0) is 0 Å². The Labute approximate surface area is 163 Å². The molecule has 1 aromatic carbocycles. The molecule has 0 radical (unpaired) electrons. The van der Waals surface area contributed by atoms with Crippen LogP contribution in [0.25, 0.3) is 0 Å². The van der Waals surface area contributed by atoms with Gasteiger partial charge in [0.25, 0.3) is 0 Å². The number of rotatable bonds is 11. The van der Waals surface area contributed by atoms with Crippen LogP contribution in [0.2, 0.25) is 0 Å². The molecule has 0 aromatic heterocycles. The normalized spacial score (nSPS) is 9.88. The van der Waals surface area contributed by atoms with Gasteiger partial charge in [0, 0.05) is 0 Å². The number of hydrogen-bond acceptors (Lipinski definition) is 1. The van der Waals surface area contributed by atoms with Gasteiger partial charge in [0.2, 0.25) is 0 Å². The van der Waals surface area contributed by atoms with Crippen LogP contribution in [0.1, 0.15) is 73.1 Å². The van der Waals surface area contributed by atoms with Crippen molar-refractivity contribution in [3.8, 4) is 0 Å². The van der Waals surface area contributed by atoms with Crippen LogP contribution in [-0.4, -0.2) is 31.6 Å². The molecule has 1 unspecified atom stereocenters. The molecule has 1 N–H and O–H groups in total. The second kappa shape index (κ2) is 24.0. The topological polar surface area (TPSA) is 12.0 Å². The summed E-state index contributed by atoms with van der Waals surface area (Å²) in [6, 6.07) is 10.1. The maximum absolute atomic E-state index is 3.11. The van der Waals surface area contributed by atoms with Crippen LogP contribution in [0.3, 0.4) is 0 Å². The minimum atomic E-state index is 0.422. The standard InChI is InChI=1S/C12H27P.C6H7P.C4H11N/c1-4-7-10-13(11-8-5-2)12-9-6-3;7-6-4-2-1-3-5-6;1-3-5-4-2/h4-12H2,1-3H3;1-5H,7H2;5H,3-4H2,1-2H3. The highest BCUT2D eigenvalue weighted by molar-refractivity contribution is 7.57. The van der Waals surface area contributed by atoms with E-state index < -0.39 is 0 Å². The first-order valence-electron chi connectivity index (χ1n) is 10.4. The van der Waals surface area contributed by atoms with Crippen molar-refractivity contribution in [2.75, 3.05) is 31.6 Å². The Balaban J connectivity index is 0. The molecule has 0 aliphatic rings. The molecule has 0 aliphatic carbocycles. The average Bonchev–Trinajstić information content (AvgIpc) is 2.63. The maximum Gasteiger partial charge on any atom is -0.00775 e. The maximum atomic E-state index is 3.11. The molecular weight excluding hydrogens is 340 g/mol. The van der Waals surface area contributed by atoms with Crippen molar-refractivity contribution in [2.24, 2.45) is 0 Å². The van der Waals surface area contributed by atoms with Gasteiger partial charge in [-0.2, -0.15) is 0 Å². The van der Waals surface area contributed by atoms with E-state index in [1.807, 2.05) is 30.3 Å². The van der Waals surface area contributed by atoms with Crippen molar-refractivity contribution in [2.45, 2.75) is 73.1 Å². The summed E-state index contributed by atoms with van der Waals surface area (Å²) in [6.45, 7) is 13.3. The Kier molecular flexibility index (Phi) is 26.2. The molecular formula is C22H45NP2. The molecule has 0 amide bonds. The Bertz CT molecular complexity index is 309. The van der Waals surface area contributed by atoms with Crippen molar-refractivity contribution < 1.29 is 0 Å². The molecule has 1 atom stereocenters. The highest BCUT2D eigenvalue weighted by Gasteiger charge is 2.05. The molecule has 0 heterocycles. The van der Waals surface area contributed by atoms with Gasteiger partial charge in [-0.15, -0.1) is 17.2 Å². The lowest BCUT2D eigenvalue weighted by Crippen LogP contribution is -2.09. The number of nitrogens with one attached hydrogen (secondary N) is 1. The van der Waals surface area contributed by atoms with Gasteiger partial charge in [-0.3, -0.25) is 0 Å². The molecule has 0 bridgehead atoms. The van der Waals surface area contributed by atoms with Crippen LogP contribution in [0.5, 0.6) is 0 Å². The lowest BCUT2D eigenvalue weighted by atomic mass is 10.4. The van der Waals surface area contributed by atoms with Crippen LogP contribution >= 0.6 is 17.2 Å². The monoisotopic (exact) mass is 385 g/mol. The summed E-state index contributed by atoms with van der Waals surface area (Å²) < 4.78 is 0. The molecule has 1 rings (SSSR count). The SMILES string of the molecule is CCCCP(CCCC)CCCC.CCNCC.Pc1ccccc1. The van der Waals surface area contributed by atoms with Gasteiger partial charge in [-0.1, -0.05) is 84.2 Å². The van der Waals surface area contributed by atoms with Gasteiger partial charge < -0.3 is 5.32 Å². The van der Waals surface area contributed by atoms with Gasteiger partial charge in [-0.25, -0.2) is 0 Å². The van der Waals surface area contributed by atoms with Crippen LogP contribution in [0.15, 0.2) is 30.3 Å². The minimum Gasteiger partial charge on any atom is -0.317 e. The zero-order chi connectivity index (χ0) is 19.2. The molecule has 25 heavy (non-hydrogen) atoms. The highest BCUT2D eigenvalue weighted by atomic mass is 31.1. The fourth-order valence-corrected chi connectivity index (χ4v) is 5.37. The number of unbranched alkanes of at least 4 members (excludes halogenated alkanes) is 3. The van der Waals surface area contributed by atoms with E-state index >= 15 is 0 Å². The zero-order valence-corrected chi connectivity index (χ0v) is 19.7. The summed E-state index contributed by atoms with van der Waals surface area (Å²) in [4.78, 5) is 0. The van der Waals surface area contributed by atoms with E-state index in [-0.39, 0.29) is 0 Å². The predicted octanol–water partition coefficient (Wildman–Crippen LogP) is 6.67. The van der Waals surface area contributed by atoms with E-state index in [2.05, 4.69) is 49.2 Å². The first kappa shape index (κ1) is 27.3. The summed E-state index contributed by atoms with van der Waals surface area (Å²) >= 11 is 0. The molecule has 3 heteroatoms. The highest BCUT2D eigenvalue weighted by Crippen LogP contribution is 2.38. The predicted molar refractivity (Wildman–Crippen MR) is 126 cm³/mol. The molecule has 148 valence electrons. The second-order valence-corrected chi connectivity index (χ2v) is 9.62. The summed E-state index contributed by atoms with van der Waals surface area (Å²) in [7, 11) is 3.05. The van der Waals surface area contributed by atoms with Crippen molar-refractivity contribution >= 4 is 22.5 Å². The molecule has 0 saturated carbocycles. The summed E-state index contributed by atoms with van der Waals surface area (Å²) in [5.41, 5.74) is 0. The van der Waals surface area contributed by atoms with E-state index in [4.69, 9.17) is 0 Å². The van der Waals surface area contributed by atoms with Gasteiger partial charge in [0.15, 0.2) is 0 Å². The third-order valence-electron chi connectivity index (χ3n) is 3.78. The van der Waals surface area contributed by atoms with Crippen LogP contribution < -0.4 is 10.6 Å². The quantitative estimate of drug-likeness (QED) is 0.419. The summed E-state index contributed by atoms with van der Waals surface area (Å²) in [5, 5.41) is 4.35. The molecule has 0 aliphatic heterocycles. The zero-order valence-electron chi connectivity index (χ0n) is 17.7. The second-order valence-electron chi connectivity index (χ2n) is 6.27.